The maximum absolute atomic E-state index is 12.3. The summed E-state index contributed by atoms with van der Waals surface area (Å²) in [6, 6.07) is 5.15. The lowest BCUT2D eigenvalue weighted by atomic mass is 10.1. The average molecular weight is 275 g/mol. The number of alkyl halides is 3. The Hall–Kier alpha value is -0.940. The summed E-state index contributed by atoms with van der Waals surface area (Å²) in [4.78, 5) is 0. The molecule has 1 aromatic carbocycles. The molecule has 0 aliphatic rings. The van der Waals surface area contributed by atoms with Crippen molar-refractivity contribution in [2.45, 2.75) is 12.6 Å². The van der Waals surface area contributed by atoms with Crippen molar-refractivity contribution < 1.29 is 13.2 Å². The van der Waals surface area contributed by atoms with E-state index >= 15 is 0 Å². The van der Waals surface area contributed by atoms with Gasteiger partial charge in [0.2, 0.25) is 0 Å². The quantitative estimate of drug-likeness (QED) is 0.799. The highest BCUT2D eigenvalue weighted by Gasteiger charge is 2.29. The molecule has 1 aromatic rings. The van der Waals surface area contributed by atoms with E-state index in [2.05, 4.69) is 0 Å². The second-order valence-electron chi connectivity index (χ2n) is 3.74. The zero-order valence-electron chi connectivity index (χ0n) is 9.91. The molecule has 0 aliphatic heterocycles. The van der Waals surface area contributed by atoms with E-state index in [9.17, 15) is 13.2 Å². The molecule has 0 aliphatic carbocycles. The normalized spacial score (nSPS) is 12.2. The zero-order valence-corrected chi connectivity index (χ0v) is 10.7. The number of halogens is 3. The van der Waals surface area contributed by atoms with Crippen molar-refractivity contribution in [2.24, 2.45) is 5.73 Å². The van der Waals surface area contributed by atoms with E-state index in [0.717, 1.165) is 35.6 Å². The van der Waals surface area contributed by atoms with E-state index in [1.165, 1.54) is 12.1 Å². The zero-order chi connectivity index (χ0) is 13.4. The number of hydrogen-bond donors (Lipinski definition) is 1. The summed E-state index contributed by atoms with van der Waals surface area (Å²) in [6.07, 6.45) is 0.498. The Morgan fingerprint density at radius 3 is 2.39 bits per heavy atom. The highest BCUT2D eigenvalue weighted by atomic mass is 32.2. The Morgan fingerprint density at radius 1 is 1.17 bits per heavy atom. The molecule has 0 unspecified atom stereocenters. The minimum atomic E-state index is -4.26. The van der Waals surface area contributed by atoms with Crippen LogP contribution in [0.1, 0.15) is 17.5 Å². The van der Waals surface area contributed by atoms with Crippen LogP contribution in [0.25, 0.3) is 6.08 Å². The molecule has 2 N–H and O–H groups in total. The molecule has 0 heterocycles. The summed E-state index contributed by atoms with van der Waals surface area (Å²) < 4.78 is 36.9. The van der Waals surface area contributed by atoms with E-state index in [4.69, 9.17) is 5.73 Å². The lowest BCUT2D eigenvalue weighted by Gasteiger charge is -2.05. The molecule has 0 amide bonds. The van der Waals surface area contributed by atoms with E-state index in [1.807, 2.05) is 12.2 Å². The molecule has 0 aromatic heterocycles. The second-order valence-corrected chi connectivity index (χ2v) is 4.89. The molecule has 18 heavy (non-hydrogen) atoms. The number of hydrogen-bond acceptors (Lipinski definition) is 2. The molecule has 0 saturated heterocycles. The van der Waals surface area contributed by atoms with Gasteiger partial charge < -0.3 is 5.73 Å². The first kappa shape index (κ1) is 15.1. The molecule has 100 valence electrons. The van der Waals surface area contributed by atoms with Crippen LogP contribution in [0.4, 0.5) is 13.2 Å². The first-order valence-electron chi connectivity index (χ1n) is 5.65. The van der Waals surface area contributed by atoms with Gasteiger partial charge in [0, 0.05) is 5.75 Å². The third kappa shape index (κ3) is 5.60. The van der Waals surface area contributed by atoms with Gasteiger partial charge in [-0.15, -0.1) is 0 Å². The fraction of sp³-hybridized carbons (Fsp3) is 0.385. The van der Waals surface area contributed by atoms with Crippen LogP contribution in [0.3, 0.4) is 0 Å². The van der Waals surface area contributed by atoms with E-state index in [1.54, 1.807) is 11.8 Å². The van der Waals surface area contributed by atoms with E-state index in [0.29, 0.717) is 6.54 Å². The number of thioether (sulfide) groups is 1. The molecule has 0 radical (unpaired) electrons. The van der Waals surface area contributed by atoms with Crippen molar-refractivity contribution in [1.29, 1.82) is 0 Å². The van der Waals surface area contributed by atoms with E-state index in [-0.39, 0.29) is 0 Å². The Balaban J connectivity index is 2.41. The lowest BCUT2D eigenvalue weighted by Crippen LogP contribution is -2.03. The minimum Gasteiger partial charge on any atom is -0.330 e. The van der Waals surface area contributed by atoms with Gasteiger partial charge in [-0.1, -0.05) is 24.3 Å². The van der Waals surface area contributed by atoms with Crippen molar-refractivity contribution in [1.82, 2.24) is 0 Å². The van der Waals surface area contributed by atoms with E-state index < -0.39 is 11.7 Å². The van der Waals surface area contributed by atoms with Crippen molar-refractivity contribution in [3.63, 3.8) is 0 Å². The van der Waals surface area contributed by atoms with Crippen LogP contribution in [0.5, 0.6) is 0 Å². The van der Waals surface area contributed by atoms with Crippen LogP contribution in [0.15, 0.2) is 30.3 Å². The van der Waals surface area contributed by atoms with Crippen LogP contribution in [0.2, 0.25) is 0 Å². The fourth-order valence-corrected chi connectivity index (χ4v) is 2.07. The molecule has 0 spiro atoms. The third-order valence-corrected chi connectivity index (χ3v) is 3.26. The van der Waals surface area contributed by atoms with Gasteiger partial charge in [0.05, 0.1) is 5.56 Å². The lowest BCUT2D eigenvalue weighted by molar-refractivity contribution is -0.137. The molecule has 1 nitrogen and oxygen atoms in total. The summed E-state index contributed by atoms with van der Waals surface area (Å²) in [6.45, 7) is 0.690. The van der Waals surface area contributed by atoms with Gasteiger partial charge in [-0.25, -0.2) is 0 Å². The highest BCUT2D eigenvalue weighted by Crippen LogP contribution is 2.29. The Bertz CT molecular complexity index is 371. The highest BCUT2D eigenvalue weighted by molar-refractivity contribution is 7.99. The van der Waals surface area contributed by atoms with Crippen LogP contribution in [-0.4, -0.2) is 18.1 Å². The van der Waals surface area contributed by atoms with Crippen molar-refractivity contribution in [3.8, 4) is 0 Å². The molecule has 0 saturated carbocycles. The smallest absolute Gasteiger partial charge is 0.330 e. The maximum Gasteiger partial charge on any atom is 0.416 e. The molecular formula is C13H16F3NS. The summed E-state index contributed by atoms with van der Waals surface area (Å²) in [5.41, 5.74) is 5.53. The van der Waals surface area contributed by atoms with Gasteiger partial charge in [-0.2, -0.15) is 24.9 Å². The SMILES string of the molecule is NCCCSC/C=C/c1ccc(C(F)(F)F)cc1. The monoisotopic (exact) mass is 275 g/mol. The molecular weight excluding hydrogens is 259 g/mol. The van der Waals surface area contributed by atoms with Crippen LogP contribution >= 0.6 is 11.8 Å². The number of benzene rings is 1. The largest absolute Gasteiger partial charge is 0.416 e. The van der Waals surface area contributed by atoms with Crippen molar-refractivity contribution in [3.05, 3.63) is 41.5 Å². The third-order valence-electron chi connectivity index (χ3n) is 2.26. The molecule has 1 rings (SSSR count). The molecule has 0 fully saturated rings. The van der Waals surface area contributed by atoms with Gasteiger partial charge in [0.1, 0.15) is 0 Å². The first-order chi connectivity index (χ1) is 8.54. The Labute approximate surface area is 109 Å². The van der Waals surface area contributed by atoms with Crippen molar-refractivity contribution in [2.75, 3.05) is 18.1 Å². The summed E-state index contributed by atoms with van der Waals surface area (Å²) in [5, 5.41) is 0. The second kappa shape index (κ2) is 7.48. The van der Waals surface area contributed by atoms with Gasteiger partial charge in [-0.05, 0) is 36.4 Å². The van der Waals surface area contributed by atoms with Crippen LogP contribution < -0.4 is 5.73 Å². The van der Waals surface area contributed by atoms with Crippen LogP contribution in [0, 0.1) is 0 Å². The predicted molar refractivity (Wildman–Crippen MR) is 71.5 cm³/mol. The minimum absolute atomic E-state index is 0.614. The summed E-state index contributed by atoms with van der Waals surface area (Å²) in [5.74, 6) is 1.86. The van der Waals surface area contributed by atoms with Crippen molar-refractivity contribution >= 4 is 17.8 Å². The van der Waals surface area contributed by atoms with Gasteiger partial charge in [0.25, 0.3) is 0 Å². The Kier molecular flexibility index (Phi) is 6.29. The number of nitrogens with two attached hydrogens (primary N) is 1. The standard InChI is InChI=1S/C13H16F3NS/c14-13(15,16)12-6-4-11(5-7-12)3-1-9-18-10-2-8-17/h1,3-7H,2,8-10,17H2/b3-1+. The fourth-order valence-electron chi connectivity index (χ4n) is 1.30. The number of rotatable bonds is 6. The Morgan fingerprint density at radius 2 is 1.83 bits per heavy atom. The summed E-state index contributed by atoms with van der Waals surface area (Å²) in [7, 11) is 0. The van der Waals surface area contributed by atoms with Gasteiger partial charge in [0.15, 0.2) is 0 Å². The maximum atomic E-state index is 12.3. The topological polar surface area (TPSA) is 26.0 Å². The molecule has 0 atom stereocenters. The summed E-state index contributed by atoms with van der Waals surface area (Å²) >= 11 is 1.76. The van der Waals surface area contributed by atoms with Gasteiger partial charge in [-0.3, -0.25) is 0 Å². The average Bonchev–Trinajstić information content (AvgIpc) is 2.33. The molecule has 5 heteroatoms. The van der Waals surface area contributed by atoms with Crippen LogP contribution in [-0.2, 0) is 6.18 Å². The molecule has 0 bridgehead atoms. The van der Waals surface area contributed by atoms with Gasteiger partial charge >= 0.3 is 6.18 Å². The predicted octanol–water partition coefficient (Wildman–Crippen LogP) is 3.80. The first-order valence-corrected chi connectivity index (χ1v) is 6.81.